The highest BCUT2D eigenvalue weighted by Crippen LogP contribution is 2.26. The molecule has 3 aromatic rings. The Balaban J connectivity index is 1.55. The molecule has 0 atom stereocenters. The molecule has 1 N–H and O–H groups in total. The Bertz CT molecular complexity index is 1180. The monoisotopic (exact) mass is 527 g/mol. The van der Waals surface area contributed by atoms with E-state index in [0.29, 0.717) is 18.8 Å². The van der Waals surface area contributed by atoms with Crippen molar-refractivity contribution in [1.29, 1.82) is 0 Å². The molecule has 8 heteroatoms. The summed E-state index contributed by atoms with van der Waals surface area (Å²) in [5, 5.41) is 4.79. The van der Waals surface area contributed by atoms with Gasteiger partial charge >= 0.3 is 6.03 Å². The van der Waals surface area contributed by atoms with Crippen LogP contribution in [0.5, 0.6) is 0 Å². The van der Waals surface area contributed by atoms with Crippen LogP contribution in [0.3, 0.4) is 0 Å². The third kappa shape index (κ3) is 6.86. The van der Waals surface area contributed by atoms with Gasteiger partial charge in [-0.3, -0.25) is 4.79 Å². The summed E-state index contributed by atoms with van der Waals surface area (Å²) in [6, 6.07) is 15.6. The van der Waals surface area contributed by atoms with Crippen molar-refractivity contribution in [3.8, 4) is 0 Å². The van der Waals surface area contributed by atoms with Crippen molar-refractivity contribution in [3.05, 3.63) is 86.8 Å². The van der Waals surface area contributed by atoms with Crippen molar-refractivity contribution < 1.29 is 14.0 Å². The van der Waals surface area contributed by atoms with Crippen molar-refractivity contribution in [2.24, 2.45) is 0 Å². The predicted octanol–water partition coefficient (Wildman–Crippen LogP) is 7.24. The Morgan fingerprint density at radius 3 is 2.47 bits per heavy atom. The maximum Gasteiger partial charge on any atom is 0.322 e. The zero-order chi connectivity index (χ0) is 25.5. The molecule has 1 aromatic heterocycles. The summed E-state index contributed by atoms with van der Waals surface area (Å²) in [7, 11) is 0. The third-order valence-electron chi connectivity index (χ3n) is 6.62. The van der Waals surface area contributed by atoms with E-state index < -0.39 is 5.82 Å². The number of benzene rings is 2. The van der Waals surface area contributed by atoms with Crippen molar-refractivity contribution in [2.45, 2.75) is 58.2 Å². The van der Waals surface area contributed by atoms with Crippen LogP contribution in [0.15, 0.2) is 60.0 Å². The molecule has 0 bridgehead atoms. The van der Waals surface area contributed by atoms with Crippen LogP contribution < -0.4 is 5.32 Å². The molecule has 1 aliphatic rings. The smallest absolute Gasteiger partial charge is 0.322 e. The van der Waals surface area contributed by atoms with Crippen LogP contribution in [-0.2, 0) is 17.9 Å². The number of aryl methyl sites for hydroxylation is 1. The maximum absolute atomic E-state index is 13.7. The molecule has 1 heterocycles. The highest BCUT2D eigenvalue weighted by Gasteiger charge is 2.29. The summed E-state index contributed by atoms with van der Waals surface area (Å²) < 4.78 is 13.6. The lowest BCUT2D eigenvalue weighted by atomic mass is 9.94. The van der Waals surface area contributed by atoms with E-state index in [9.17, 15) is 14.0 Å². The van der Waals surface area contributed by atoms with Gasteiger partial charge in [-0.05, 0) is 60.5 Å². The number of urea groups is 1. The Morgan fingerprint density at radius 1 is 1.06 bits per heavy atom. The van der Waals surface area contributed by atoms with Gasteiger partial charge in [0.25, 0.3) is 0 Å². The second-order valence-electron chi connectivity index (χ2n) is 9.24. The van der Waals surface area contributed by atoms with E-state index in [-0.39, 0.29) is 29.5 Å². The van der Waals surface area contributed by atoms with Gasteiger partial charge in [0, 0.05) is 23.2 Å². The van der Waals surface area contributed by atoms with Gasteiger partial charge in [0.05, 0.1) is 11.6 Å². The Kier molecular flexibility index (Phi) is 8.99. The number of anilines is 1. The fourth-order valence-electron chi connectivity index (χ4n) is 4.55. The van der Waals surface area contributed by atoms with E-state index in [1.807, 2.05) is 47.5 Å². The van der Waals surface area contributed by atoms with Gasteiger partial charge < -0.3 is 15.1 Å². The van der Waals surface area contributed by atoms with E-state index in [0.717, 1.165) is 48.1 Å². The van der Waals surface area contributed by atoms with Crippen molar-refractivity contribution in [3.63, 3.8) is 0 Å². The van der Waals surface area contributed by atoms with Crippen molar-refractivity contribution in [2.75, 3.05) is 11.9 Å². The van der Waals surface area contributed by atoms with E-state index in [1.165, 1.54) is 18.2 Å². The second kappa shape index (κ2) is 12.4. The molecule has 1 saturated carbocycles. The first kappa shape index (κ1) is 26.2. The summed E-state index contributed by atoms with van der Waals surface area (Å²) in [6.45, 7) is 2.98. The molecule has 0 radical (unpaired) electrons. The summed E-state index contributed by atoms with van der Waals surface area (Å²) >= 11 is 7.54. The number of carbonyl (C=O) groups excluding carboxylic acids is 2. The van der Waals surface area contributed by atoms with Gasteiger partial charge in [0.2, 0.25) is 5.91 Å². The molecule has 5 nitrogen and oxygen atoms in total. The zero-order valence-electron chi connectivity index (χ0n) is 20.4. The van der Waals surface area contributed by atoms with Gasteiger partial charge in [-0.1, -0.05) is 61.2 Å². The summed E-state index contributed by atoms with van der Waals surface area (Å²) in [4.78, 5) is 31.7. The van der Waals surface area contributed by atoms with Gasteiger partial charge in [-0.15, -0.1) is 11.3 Å². The molecule has 36 heavy (non-hydrogen) atoms. The first-order chi connectivity index (χ1) is 17.4. The molecule has 4 rings (SSSR count). The molecular weight excluding hydrogens is 497 g/mol. The summed E-state index contributed by atoms with van der Waals surface area (Å²) in [5.74, 6) is -0.654. The SMILES string of the molecule is Cc1ccsc1CN(Cc1ccccc1)C(=O)CN(C(=O)Nc1ccc(F)c(Cl)c1)C1CCCCC1. The van der Waals surface area contributed by atoms with E-state index in [4.69, 9.17) is 11.6 Å². The lowest BCUT2D eigenvalue weighted by Crippen LogP contribution is -2.49. The number of thiophene rings is 1. The average Bonchev–Trinajstić information content (AvgIpc) is 3.29. The van der Waals surface area contributed by atoms with Crippen LogP contribution in [0, 0.1) is 12.7 Å². The molecule has 2 aromatic carbocycles. The Morgan fingerprint density at radius 2 is 1.81 bits per heavy atom. The van der Waals surface area contributed by atoms with Crippen LogP contribution in [-0.4, -0.2) is 34.3 Å². The van der Waals surface area contributed by atoms with Crippen molar-refractivity contribution in [1.82, 2.24) is 9.80 Å². The van der Waals surface area contributed by atoms with Crippen molar-refractivity contribution >= 4 is 40.6 Å². The highest BCUT2D eigenvalue weighted by molar-refractivity contribution is 7.10. The third-order valence-corrected chi connectivity index (χ3v) is 7.92. The number of hydrogen-bond donors (Lipinski definition) is 1. The molecular formula is C28H31ClFN3O2S. The molecule has 0 saturated heterocycles. The Hall–Kier alpha value is -2.90. The second-order valence-corrected chi connectivity index (χ2v) is 10.6. The lowest BCUT2D eigenvalue weighted by molar-refractivity contribution is -0.133. The maximum atomic E-state index is 13.7. The van der Waals surface area contributed by atoms with E-state index in [2.05, 4.69) is 11.4 Å². The standard InChI is InChI=1S/C28H31ClFN3O2S/c1-20-14-15-36-26(20)18-32(17-21-8-4-2-5-9-21)27(34)19-33(23-10-6-3-7-11-23)28(35)31-22-12-13-25(30)24(29)16-22/h2,4-5,8-9,12-16,23H,3,6-7,10-11,17-19H2,1H3,(H,31,35). The van der Waals surface area contributed by atoms with E-state index in [1.54, 1.807) is 16.2 Å². The first-order valence-electron chi connectivity index (χ1n) is 12.3. The minimum atomic E-state index is -0.547. The number of rotatable bonds is 8. The minimum absolute atomic E-state index is 0.0251. The average molecular weight is 528 g/mol. The molecule has 0 aliphatic heterocycles. The summed E-state index contributed by atoms with van der Waals surface area (Å²) in [6.07, 6.45) is 4.88. The zero-order valence-corrected chi connectivity index (χ0v) is 22.0. The Labute approximate surface area is 220 Å². The number of nitrogens with zero attached hydrogens (tertiary/aromatic N) is 2. The van der Waals surface area contributed by atoms with Crippen LogP contribution >= 0.6 is 22.9 Å². The predicted molar refractivity (Wildman–Crippen MR) is 144 cm³/mol. The number of carbonyl (C=O) groups is 2. The number of amides is 3. The van der Waals surface area contributed by atoms with Crippen LogP contribution in [0.2, 0.25) is 5.02 Å². The van der Waals surface area contributed by atoms with Gasteiger partial charge in [0.15, 0.2) is 0 Å². The highest BCUT2D eigenvalue weighted by atomic mass is 35.5. The topological polar surface area (TPSA) is 52.7 Å². The van der Waals surface area contributed by atoms with Crippen LogP contribution in [0.25, 0.3) is 0 Å². The van der Waals surface area contributed by atoms with Crippen LogP contribution in [0.1, 0.15) is 48.1 Å². The molecule has 190 valence electrons. The van der Waals surface area contributed by atoms with Gasteiger partial charge in [-0.25, -0.2) is 9.18 Å². The fourth-order valence-corrected chi connectivity index (χ4v) is 5.65. The largest absolute Gasteiger partial charge is 0.332 e. The number of halogens is 2. The lowest BCUT2D eigenvalue weighted by Gasteiger charge is -2.35. The summed E-state index contributed by atoms with van der Waals surface area (Å²) in [5.41, 5.74) is 2.59. The van der Waals surface area contributed by atoms with Gasteiger partial charge in [-0.2, -0.15) is 0 Å². The van der Waals surface area contributed by atoms with E-state index >= 15 is 0 Å². The van der Waals surface area contributed by atoms with Crippen LogP contribution in [0.4, 0.5) is 14.9 Å². The molecule has 3 amide bonds. The number of hydrogen-bond acceptors (Lipinski definition) is 3. The molecule has 1 aliphatic carbocycles. The number of nitrogens with one attached hydrogen (secondary N) is 1. The first-order valence-corrected chi connectivity index (χ1v) is 13.5. The fraction of sp³-hybridized carbons (Fsp3) is 0.357. The normalized spacial score (nSPS) is 13.9. The molecule has 1 fully saturated rings. The minimum Gasteiger partial charge on any atom is -0.332 e. The van der Waals surface area contributed by atoms with Gasteiger partial charge in [0.1, 0.15) is 12.4 Å². The quantitative estimate of drug-likeness (QED) is 0.335. The molecule has 0 spiro atoms. The molecule has 0 unspecified atom stereocenters.